The Morgan fingerprint density at radius 3 is 2.47 bits per heavy atom. The molecule has 1 aromatic rings. The number of rotatable bonds is 4. The summed E-state index contributed by atoms with van der Waals surface area (Å²) < 4.78 is 13.0. The highest BCUT2D eigenvalue weighted by Gasteiger charge is 2.18. The Labute approximate surface area is 95.3 Å². The average molecular weight is 279 g/mol. The SMILES string of the molecule is OCc1cc(F)cc(C(O)C(O)CBr)c1. The van der Waals surface area contributed by atoms with E-state index >= 15 is 0 Å². The summed E-state index contributed by atoms with van der Waals surface area (Å²) in [4.78, 5) is 0. The van der Waals surface area contributed by atoms with Crippen LogP contribution in [0.2, 0.25) is 0 Å². The lowest BCUT2D eigenvalue weighted by Gasteiger charge is -2.16. The van der Waals surface area contributed by atoms with Crippen molar-refractivity contribution in [2.75, 3.05) is 5.33 Å². The Morgan fingerprint density at radius 2 is 1.93 bits per heavy atom. The molecule has 0 aliphatic heterocycles. The van der Waals surface area contributed by atoms with Crippen molar-refractivity contribution in [3.05, 3.63) is 35.1 Å². The first-order valence-corrected chi connectivity index (χ1v) is 5.53. The molecule has 1 rings (SSSR count). The smallest absolute Gasteiger partial charge is 0.123 e. The molecule has 0 spiro atoms. The van der Waals surface area contributed by atoms with Crippen molar-refractivity contribution in [1.82, 2.24) is 0 Å². The molecule has 0 aliphatic carbocycles. The Balaban J connectivity index is 2.97. The van der Waals surface area contributed by atoms with Gasteiger partial charge in [-0.05, 0) is 23.3 Å². The van der Waals surface area contributed by atoms with Crippen LogP contribution in [0.4, 0.5) is 4.39 Å². The molecule has 0 aromatic heterocycles. The van der Waals surface area contributed by atoms with Gasteiger partial charge < -0.3 is 15.3 Å². The van der Waals surface area contributed by atoms with Crippen LogP contribution in [0.25, 0.3) is 0 Å². The van der Waals surface area contributed by atoms with Gasteiger partial charge in [-0.1, -0.05) is 22.0 Å². The third-order valence-corrected chi connectivity index (χ3v) is 2.69. The summed E-state index contributed by atoms with van der Waals surface area (Å²) in [5.41, 5.74) is 0.622. The molecule has 0 bridgehead atoms. The molecule has 3 nitrogen and oxygen atoms in total. The van der Waals surface area contributed by atoms with Gasteiger partial charge in [0.1, 0.15) is 11.9 Å². The quantitative estimate of drug-likeness (QED) is 0.723. The summed E-state index contributed by atoms with van der Waals surface area (Å²) in [7, 11) is 0. The van der Waals surface area contributed by atoms with Crippen molar-refractivity contribution < 1.29 is 19.7 Å². The standard InChI is InChI=1S/C10H12BrFO3/c11-4-9(14)10(15)7-1-6(5-13)2-8(12)3-7/h1-3,9-10,13-15H,4-5H2. The first kappa shape index (κ1) is 12.6. The Bertz CT molecular complexity index is 332. The van der Waals surface area contributed by atoms with E-state index in [1.54, 1.807) is 0 Å². The number of halogens is 2. The van der Waals surface area contributed by atoms with E-state index in [-0.39, 0.29) is 17.5 Å². The van der Waals surface area contributed by atoms with E-state index in [1.807, 2.05) is 0 Å². The van der Waals surface area contributed by atoms with Crippen LogP contribution in [0.1, 0.15) is 17.2 Å². The van der Waals surface area contributed by atoms with E-state index in [4.69, 9.17) is 5.11 Å². The fourth-order valence-electron chi connectivity index (χ4n) is 1.24. The van der Waals surface area contributed by atoms with Gasteiger partial charge in [-0.2, -0.15) is 0 Å². The molecule has 0 aliphatic rings. The number of aliphatic hydroxyl groups is 3. The lowest BCUT2D eigenvalue weighted by Crippen LogP contribution is -2.19. The summed E-state index contributed by atoms with van der Waals surface area (Å²) in [6.07, 6.45) is -2.16. The normalized spacial score (nSPS) is 15.0. The van der Waals surface area contributed by atoms with Gasteiger partial charge in [-0.15, -0.1) is 0 Å². The topological polar surface area (TPSA) is 60.7 Å². The van der Waals surface area contributed by atoms with Gasteiger partial charge in [0, 0.05) is 5.33 Å². The highest BCUT2D eigenvalue weighted by Crippen LogP contribution is 2.20. The molecule has 3 N–H and O–H groups in total. The first-order valence-electron chi connectivity index (χ1n) is 4.40. The second-order valence-corrected chi connectivity index (χ2v) is 3.86. The zero-order chi connectivity index (χ0) is 11.4. The third kappa shape index (κ3) is 3.24. The monoisotopic (exact) mass is 278 g/mol. The Kier molecular flexibility index (Phi) is 4.66. The Morgan fingerprint density at radius 1 is 1.27 bits per heavy atom. The van der Waals surface area contributed by atoms with Gasteiger partial charge in [-0.25, -0.2) is 4.39 Å². The van der Waals surface area contributed by atoms with E-state index < -0.39 is 18.0 Å². The maximum absolute atomic E-state index is 13.0. The molecule has 0 radical (unpaired) electrons. The highest BCUT2D eigenvalue weighted by atomic mass is 79.9. The van der Waals surface area contributed by atoms with E-state index in [0.29, 0.717) is 5.56 Å². The molecule has 2 atom stereocenters. The molecule has 0 heterocycles. The van der Waals surface area contributed by atoms with E-state index in [1.165, 1.54) is 12.1 Å². The number of hydrogen-bond acceptors (Lipinski definition) is 3. The minimum absolute atomic E-state index is 0.194. The average Bonchev–Trinajstić information content (AvgIpc) is 2.26. The summed E-state index contributed by atoms with van der Waals surface area (Å²) in [6.45, 7) is -0.304. The van der Waals surface area contributed by atoms with Crippen LogP contribution in [0.3, 0.4) is 0 Å². The van der Waals surface area contributed by atoms with Crippen molar-refractivity contribution in [2.45, 2.75) is 18.8 Å². The molecule has 0 amide bonds. The molecule has 84 valence electrons. The van der Waals surface area contributed by atoms with E-state index in [2.05, 4.69) is 15.9 Å². The van der Waals surface area contributed by atoms with Crippen LogP contribution >= 0.6 is 15.9 Å². The fraction of sp³-hybridized carbons (Fsp3) is 0.400. The van der Waals surface area contributed by atoms with Crippen LogP contribution in [-0.2, 0) is 6.61 Å². The Hall–Kier alpha value is -0.490. The molecule has 5 heteroatoms. The summed E-state index contributed by atoms with van der Waals surface area (Å²) in [5, 5.41) is 28.0. The van der Waals surface area contributed by atoms with Gasteiger partial charge in [-0.3, -0.25) is 0 Å². The van der Waals surface area contributed by atoms with Gasteiger partial charge in [0.25, 0.3) is 0 Å². The fourth-order valence-corrected chi connectivity index (χ4v) is 1.60. The zero-order valence-corrected chi connectivity index (χ0v) is 9.48. The van der Waals surface area contributed by atoms with Gasteiger partial charge in [0.2, 0.25) is 0 Å². The molecule has 1 aromatic carbocycles. The van der Waals surface area contributed by atoms with Crippen LogP contribution < -0.4 is 0 Å². The second-order valence-electron chi connectivity index (χ2n) is 3.22. The predicted molar refractivity (Wildman–Crippen MR) is 57.1 cm³/mol. The van der Waals surface area contributed by atoms with Crippen molar-refractivity contribution in [1.29, 1.82) is 0 Å². The summed E-state index contributed by atoms with van der Waals surface area (Å²) in [5.74, 6) is -0.544. The van der Waals surface area contributed by atoms with Gasteiger partial charge >= 0.3 is 0 Å². The van der Waals surface area contributed by atoms with Crippen LogP contribution in [0.5, 0.6) is 0 Å². The van der Waals surface area contributed by atoms with Crippen molar-refractivity contribution in [3.63, 3.8) is 0 Å². The van der Waals surface area contributed by atoms with Crippen LogP contribution in [-0.4, -0.2) is 26.8 Å². The van der Waals surface area contributed by atoms with Crippen LogP contribution in [0, 0.1) is 5.82 Å². The minimum atomic E-state index is -1.16. The number of aliphatic hydroxyl groups excluding tert-OH is 3. The highest BCUT2D eigenvalue weighted by molar-refractivity contribution is 9.09. The molecule has 0 saturated carbocycles. The number of benzene rings is 1. The molecular weight excluding hydrogens is 267 g/mol. The molecular formula is C10H12BrFO3. The van der Waals surface area contributed by atoms with Crippen molar-refractivity contribution in [3.8, 4) is 0 Å². The van der Waals surface area contributed by atoms with Crippen LogP contribution in [0.15, 0.2) is 18.2 Å². The summed E-state index contributed by atoms with van der Waals surface area (Å²) in [6, 6.07) is 3.77. The molecule has 2 unspecified atom stereocenters. The number of alkyl halides is 1. The largest absolute Gasteiger partial charge is 0.392 e. The van der Waals surface area contributed by atoms with Crippen molar-refractivity contribution >= 4 is 15.9 Å². The van der Waals surface area contributed by atoms with E-state index in [0.717, 1.165) is 6.07 Å². The minimum Gasteiger partial charge on any atom is -0.392 e. The molecule has 0 saturated heterocycles. The first-order chi connectivity index (χ1) is 7.08. The van der Waals surface area contributed by atoms with Gasteiger partial charge in [0.15, 0.2) is 0 Å². The lowest BCUT2D eigenvalue weighted by molar-refractivity contribution is 0.0340. The molecule has 0 fully saturated rings. The molecule has 15 heavy (non-hydrogen) atoms. The van der Waals surface area contributed by atoms with Crippen molar-refractivity contribution in [2.24, 2.45) is 0 Å². The lowest BCUT2D eigenvalue weighted by atomic mass is 10.0. The maximum atomic E-state index is 13.0. The summed E-state index contributed by atoms with van der Waals surface area (Å²) >= 11 is 3.01. The predicted octanol–water partition coefficient (Wildman–Crippen LogP) is 1.11. The number of hydrogen-bond donors (Lipinski definition) is 3. The second kappa shape index (κ2) is 5.55. The zero-order valence-electron chi connectivity index (χ0n) is 7.90. The van der Waals surface area contributed by atoms with E-state index in [9.17, 15) is 14.6 Å². The maximum Gasteiger partial charge on any atom is 0.123 e. The van der Waals surface area contributed by atoms with Gasteiger partial charge in [0.05, 0.1) is 12.7 Å². The third-order valence-electron chi connectivity index (χ3n) is 2.03.